The molecule has 1 aromatic rings. The molecule has 0 spiro atoms. The largest absolute Gasteiger partial charge is 0.309 e. The minimum absolute atomic E-state index is 0.0935. The number of nitrogens with zero attached hydrogens (tertiary/aromatic N) is 1. The van der Waals surface area contributed by atoms with Crippen LogP contribution in [0.25, 0.3) is 0 Å². The number of rotatable bonds is 7. The van der Waals surface area contributed by atoms with E-state index in [9.17, 15) is 8.42 Å². The smallest absolute Gasteiger partial charge is 0.212 e. The van der Waals surface area contributed by atoms with Crippen LogP contribution < -0.4 is 10.0 Å². The van der Waals surface area contributed by atoms with Crippen LogP contribution >= 0.6 is 0 Å². The molecule has 0 aliphatic rings. The van der Waals surface area contributed by atoms with Gasteiger partial charge < -0.3 is 5.32 Å². The summed E-state index contributed by atoms with van der Waals surface area (Å²) in [5.41, 5.74) is 1.10. The van der Waals surface area contributed by atoms with Crippen molar-refractivity contribution in [1.82, 2.24) is 15.0 Å². The zero-order valence-electron chi connectivity index (χ0n) is 10.2. The molecule has 1 rings (SSSR count). The zero-order valence-corrected chi connectivity index (χ0v) is 11.0. The first-order chi connectivity index (χ1) is 8.05. The maximum Gasteiger partial charge on any atom is 0.212 e. The van der Waals surface area contributed by atoms with E-state index in [0.29, 0.717) is 13.1 Å². The molecule has 6 heteroatoms. The summed E-state index contributed by atoms with van der Waals surface area (Å²) in [4.78, 5) is 3.94. The van der Waals surface area contributed by atoms with Gasteiger partial charge in [-0.1, -0.05) is 6.92 Å². The lowest BCUT2D eigenvalue weighted by Crippen LogP contribution is -2.32. The fraction of sp³-hybridized carbons (Fsp3) is 0.545. The summed E-state index contributed by atoms with van der Waals surface area (Å²) in [7, 11) is -3.13. The first-order valence-electron chi connectivity index (χ1n) is 5.66. The lowest BCUT2D eigenvalue weighted by Gasteiger charge is -2.13. The van der Waals surface area contributed by atoms with Crippen molar-refractivity contribution in [3.63, 3.8) is 0 Å². The second-order valence-corrected chi connectivity index (χ2v) is 5.70. The number of sulfonamides is 1. The Labute approximate surface area is 103 Å². The van der Waals surface area contributed by atoms with Crippen LogP contribution in [0.1, 0.15) is 25.5 Å². The van der Waals surface area contributed by atoms with E-state index in [1.807, 2.05) is 19.1 Å². The van der Waals surface area contributed by atoms with Crippen molar-refractivity contribution >= 4 is 10.0 Å². The van der Waals surface area contributed by atoms with Crippen molar-refractivity contribution in [2.75, 3.05) is 18.8 Å². The Hall–Kier alpha value is -0.980. The van der Waals surface area contributed by atoms with Crippen LogP contribution in [-0.2, 0) is 10.0 Å². The van der Waals surface area contributed by atoms with Gasteiger partial charge >= 0.3 is 0 Å². The highest BCUT2D eigenvalue weighted by molar-refractivity contribution is 7.89. The molecular formula is C11H19N3O2S. The van der Waals surface area contributed by atoms with Crippen LogP contribution in [0, 0.1) is 0 Å². The van der Waals surface area contributed by atoms with Crippen LogP contribution in [0.15, 0.2) is 24.5 Å². The monoisotopic (exact) mass is 257 g/mol. The maximum atomic E-state index is 11.4. The topological polar surface area (TPSA) is 71.1 Å². The molecule has 17 heavy (non-hydrogen) atoms. The maximum absolute atomic E-state index is 11.4. The Morgan fingerprint density at radius 2 is 2.00 bits per heavy atom. The van der Waals surface area contributed by atoms with Gasteiger partial charge in [-0.3, -0.25) is 4.98 Å². The molecule has 0 aromatic carbocycles. The summed E-state index contributed by atoms with van der Waals surface area (Å²) in [5.74, 6) is 0.0935. The molecule has 96 valence electrons. The van der Waals surface area contributed by atoms with Gasteiger partial charge in [0, 0.05) is 31.5 Å². The zero-order chi connectivity index (χ0) is 12.7. The Morgan fingerprint density at radius 1 is 1.35 bits per heavy atom. The Morgan fingerprint density at radius 3 is 2.59 bits per heavy atom. The molecular weight excluding hydrogens is 238 g/mol. The molecule has 0 saturated heterocycles. The van der Waals surface area contributed by atoms with Crippen LogP contribution in [-0.4, -0.2) is 32.2 Å². The van der Waals surface area contributed by atoms with Crippen molar-refractivity contribution in [2.24, 2.45) is 0 Å². The molecule has 0 aliphatic heterocycles. The third-order valence-electron chi connectivity index (χ3n) is 2.39. The minimum Gasteiger partial charge on any atom is -0.309 e. The van der Waals surface area contributed by atoms with Gasteiger partial charge in [-0.2, -0.15) is 0 Å². The Balaban J connectivity index is 2.37. The predicted octanol–water partition coefficient (Wildman–Crippen LogP) is 0.671. The highest BCUT2D eigenvalue weighted by atomic mass is 32.2. The second-order valence-electron chi connectivity index (χ2n) is 3.77. The normalized spacial score (nSPS) is 13.5. The molecule has 0 radical (unpaired) electrons. The van der Waals surface area contributed by atoms with E-state index in [0.717, 1.165) is 5.56 Å². The first-order valence-corrected chi connectivity index (χ1v) is 7.31. The average Bonchev–Trinajstić information content (AvgIpc) is 2.29. The molecule has 1 aromatic heterocycles. The van der Waals surface area contributed by atoms with Gasteiger partial charge in [-0.05, 0) is 24.6 Å². The van der Waals surface area contributed by atoms with Crippen molar-refractivity contribution in [1.29, 1.82) is 0 Å². The van der Waals surface area contributed by atoms with Crippen LogP contribution in [0.2, 0.25) is 0 Å². The number of pyridine rings is 1. The fourth-order valence-corrected chi connectivity index (χ4v) is 2.44. The van der Waals surface area contributed by atoms with E-state index in [2.05, 4.69) is 15.0 Å². The molecule has 0 amide bonds. The number of hydrogen-bond acceptors (Lipinski definition) is 4. The summed E-state index contributed by atoms with van der Waals surface area (Å²) in [6, 6.07) is 3.95. The third kappa shape index (κ3) is 5.25. The Bertz CT molecular complexity index is 420. The van der Waals surface area contributed by atoms with Gasteiger partial charge in [0.1, 0.15) is 0 Å². The standard InChI is InChI=1S/C11H19N3O2S/c1-3-14-17(15,16)9-8-13-10(2)11-4-6-12-7-5-11/h4-7,10,13-14H,3,8-9H2,1-2H3. The first kappa shape index (κ1) is 14.1. The van der Waals surface area contributed by atoms with E-state index in [4.69, 9.17) is 0 Å². The van der Waals surface area contributed by atoms with Crippen molar-refractivity contribution < 1.29 is 8.42 Å². The Kier molecular flexibility index (Phi) is 5.54. The lowest BCUT2D eigenvalue weighted by molar-refractivity contribution is 0.564. The van der Waals surface area contributed by atoms with Gasteiger partial charge in [0.25, 0.3) is 0 Å². The minimum atomic E-state index is -3.13. The van der Waals surface area contributed by atoms with Crippen molar-refractivity contribution in [3.05, 3.63) is 30.1 Å². The molecule has 0 saturated carbocycles. The average molecular weight is 257 g/mol. The summed E-state index contributed by atoms with van der Waals surface area (Å²) >= 11 is 0. The quantitative estimate of drug-likeness (QED) is 0.753. The van der Waals surface area contributed by atoms with Gasteiger partial charge in [0.2, 0.25) is 10.0 Å². The van der Waals surface area contributed by atoms with E-state index < -0.39 is 10.0 Å². The molecule has 0 aliphatic carbocycles. The number of hydrogen-bond donors (Lipinski definition) is 2. The second kappa shape index (κ2) is 6.68. The van der Waals surface area contributed by atoms with Gasteiger partial charge in [-0.15, -0.1) is 0 Å². The van der Waals surface area contributed by atoms with E-state index >= 15 is 0 Å². The molecule has 1 heterocycles. The van der Waals surface area contributed by atoms with E-state index in [1.165, 1.54) is 0 Å². The van der Waals surface area contributed by atoms with Crippen LogP contribution in [0.4, 0.5) is 0 Å². The van der Waals surface area contributed by atoms with E-state index in [1.54, 1.807) is 19.3 Å². The molecule has 0 fully saturated rings. The summed E-state index contributed by atoms with van der Waals surface area (Å²) in [5, 5.41) is 3.17. The van der Waals surface area contributed by atoms with Crippen molar-refractivity contribution in [2.45, 2.75) is 19.9 Å². The van der Waals surface area contributed by atoms with Gasteiger partial charge in [0.05, 0.1) is 5.75 Å². The van der Waals surface area contributed by atoms with Crippen molar-refractivity contribution in [3.8, 4) is 0 Å². The third-order valence-corrected chi connectivity index (χ3v) is 3.86. The van der Waals surface area contributed by atoms with E-state index in [-0.39, 0.29) is 11.8 Å². The SMILES string of the molecule is CCNS(=O)(=O)CCNC(C)c1ccncc1. The summed E-state index contributed by atoms with van der Waals surface area (Å²) < 4.78 is 25.2. The number of nitrogens with one attached hydrogen (secondary N) is 2. The molecule has 1 unspecified atom stereocenters. The molecule has 5 nitrogen and oxygen atoms in total. The van der Waals surface area contributed by atoms with Crippen LogP contribution in [0.5, 0.6) is 0 Å². The molecule has 0 bridgehead atoms. The van der Waals surface area contributed by atoms with Gasteiger partial charge in [-0.25, -0.2) is 13.1 Å². The summed E-state index contributed by atoms with van der Waals surface area (Å²) in [6.07, 6.45) is 3.45. The number of aromatic nitrogens is 1. The lowest BCUT2D eigenvalue weighted by atomic mass is 10.1. The summed E-state index contributed by atoms with van der Waals surface area (Å²) in [6.45, 7) is 4.63. The molecule has 2 N–H and O–H groups in total. The highest BCUT2D eigenvalue weighted by Gasteiger charge is 2.09. The predicted molar refractivity (Wildman–Crippen MR) is 68.1 cm³/mol. The van der Waals surface area contributed by atoms with Crippen LogP contribution in [0.3, 0.4) is 0 Å². The van der Waals surface area contributed by atoms with Gasteiger partial charge in [0.15, 0.2) is 0 Å². The molecule has 1 atom stereocenters. The fourth-order valence-electron chi connectivity index (χ4n) is 1.47. The highest BCUT2D eigenvalue weighted by Crippen LogP contribution is 2.09.